The highest BCUT2D eigenvalue weighted by Gasteiger charge is 2.38. The lowest BCUT2D eigenvalue weighted by Crippen LogP contribution is -2.48. The molecule has 0 radical (unpaired) electrons. The number of carbonyl (C=O) groups is 2. The molecule has 0 saturated heterocycles. The van der Waals surface area contributed by atoms with Crippen LogP contribution in [0.5, 0.6) is 0 Å². The van der Waals surface area contributed by atoms with Crippen LogP contribution in [0, 0.1) is 0 Å². The molecule has 0 bridgehead atoms. The highest BCUT2D eigenvalue weighted by molar-refractivity contribution is 9.24. The molecule has 0 fully saturated rings. The van der Waals surface area contributed by atoms with Gasteiger partial charge in [0.05, 0.1) is 23.9 Å². The Morgan fingerprint density at radius 3 is 2.48 bits per heavy atom. The molecule has 1 unspecified atom stereocenters. The third kappa shape index (κ3) is 3.97. The summed E-state index contributed by atoms with van der Waals surface area (Å²) in [6.07, 6.45) is 0. The topological polar surface area (TPSA) is 58.6 Å². The molecule has 1 atom stereocenters. The minimum Gasteiger partial charge on any atom is -0.463 e. The van der Waals surface area contributed by atoms with E-state index >= 15 is 0 Å². The van der Waals surface area contributed by atoms with Crippen LogP contribution in [0.1, 0.15) is 18.5 Å². The van der Waals surface area contributed by atoms with E-state index in [1.807, 2.05) is 24.3 Å². The summed E-state index contributed by atoms with van der Waals surface area (Å²) in [5, 5.41) is 2.85. The Morgan fingerprint density at radius 2 is 1.96 bits per heavy atom. The van der Waals surface area contributed by atoms with Crippen LogP contribution >= 0.6 is 47.8 Å². The van der Waals surface area contributed by atoms with Crippen molar-refractivity contribution in [3.63, 3.8) is 0 Å². The molecule has 8 heteroatoms. The monoisotopic (exact) mass is 508 g/mol. The van der Waals surface area contributed by atoms with Crippen LogP contribution in [0.3, 0.4) is 0 Å². The van der Waals surface area contributed by atoms with Crippen molar-refractivity contribution in [2.75, 3.05) is 13.7 Å². The zero-order valence-electron chi connectivity index (χ0n) is 12.5. The average molecular weight is 511 g/mol. The largest absolute Gasteiger partial charge is 0.463 e. The first-order valence-electron chi connectivity index (χ1n) is 6.85. The van der Waals surface area contributed by atoms with Crippen LogP contribution in [0.4, 0.5) is 4.79 Å². The minimum absolute atomic E-state index is 0.259. The van der Waals surface area contributed by atoms with Crippen LogP contribution < -0.4 is 5.32 Å². The predicted molar refractivity (Wildman–Crippen MR) is 98.5 cm³/mol. The molecule has 0 aliphatic carbocycles. The third-order valence-electron chi connectivity index (χ3n) is 3.40. The summed E-state index contributed by atoms with van der Waals surface area (Å²) >= 11 is 10.2. The van der Waals surface area contributed by atoms with Crippen LogP contribution in [-0.2, 0) is 9.53 Å². The van der Waals surface area contributed by atoms with Gasteiger partial charge in [0, 0.05) is 11.5 Å². The molecule has 5 nitrogen and oxygen atoms in total. The summed E-state index contributed by atoms with van der Waals surface area (Å²) in [7, 11) is 1.61. The van der Waals surface area contributed by atoms with E-state index in [0.29, 0.717) is 11.3 Å². The van der Waals surface area contributed by atoms with E-state index in [4.69, 9.17) is 4.74 Å². The number of hydrogen-bond acceptors (Lipinski definition) is 3. The molecule has 2 rings (SSSR count). The Hall–Kier alpha value is -0.860. The fourth-order valence-corrected chi connectivity index (χ4v) is 3.70. The van der Waals surface area contributed by atoms with Crippen molar-refractivity contribution >= 4 is 59.8 Å². The van der Waals surface area contributed by atoms with Gasteiger partial charge in [0.15, 0.2) is 0 Å². The molecular weight excluding hydrogens is 496 g/mol. The third-order valence-corrected chi connectivity index (χ3v) is 4.80. The number of alkyl halides is 2. The van der Waals surface area contributed by atoms with Gasteiger partial charge < -0.3 is 10.1 Å². The molecule has 2 amide bonds. The number of halogens is 3. The summed E-state index contributed by atoms with van der Waals surface area (Å²) in [5.41, 5.74) is 1.73. The van der Waals surface area contributed by atoms with Crippen molar-refractivity contribution in [2.24, 2.45) is 0 Å². The van der Waals surface area contributed by atoms with Crippen LogP contribution in [0.15, 0.2) is 40.0 Å². The summed E-state index contributed by atoms with van der Waals surface area (Å²) in [6.45, 7) is 2.01. The quantitative estimate of drug-likeness (QED) is 0.490. The summed E-state index contributed by atoms with van der Waals surface area (Å²) in [4.78, 5) is 26.2. The lowest BCUT2D eigenvalue weighted by atomic mass is 9.95. The molecule has 124 valence electrons. The van der Waals surface area contributed by atoms with Crippen LogP contribution in [-0.4, -0.2) is 34.3 Å². The zero-order chi connectivity index (χ0) is 17.1. The minimum atomic E-state index is -0.571. The number of hydrogen-bond donors (Lipinski definition) is 1. The van der Waals surface area contributed by atoms with E-state index in [1.54, 1.807) is 14.0 Å². The Kier molecular flexibility index (Phi) is 6.27. The van der Waals surface area contributed by atoms with Gasteiger partial charge in [-0.25, -0.2) is 9.59 Å². The molecule has 0 aromatic heterocycles. The SMILES string of the molecule is CCOC(=O)C1=C(C(Br)Br)N(C)C(=O)NC1c1ccc(Br)cc1. The maximum atomic E-state index is 12.5. The van der Waals surface area contributed by atoms with Crippen LogP contribution in [0.2, 0.25) is 0 Å². The number of esters is 1. The maximum Gasteiger partial charge on any atom is 0.338 e. The molecule has 1 N–H and O–H groups in total. The van der Waals surface area contributed by atoms with Crippen molar-refractivity contribution < 1.29 is 14.3 Å². The normalized spacial score (nSPS) is 18.3. The molecule has 1 aromatic carbocycles. The first-order chi connectivity index (χ1) is 10.9. The molecule has 1 heterocycles. The second-order valence-electron chi connectivity index (χ2n) is 4.81. The van der Waals surface area contributed by atoms with E-state index in [2.05, 4.69) is 53.1 Å². The van der Waals surface area contributed by atoms with Gasteiger partial charge in [0.1, 0.15) is 3.74 Å². The molecular formula is C15H15Br3N2O3. The second kappa shape index (κ2) is 7.81. The second-order valence-corrected chi connectivity index (χ2v) is 8.79. The first kappa shape index (κ1) is 18.5. The predicted octanol–water partition coefficient (Wildman–Crippen LogP) is 4.08. The van der Waals surface area contributed by atoms with Gasteiger partial charge in [-0.3, -0.25) is 4.90 Å². The van der Waals surface area contributed by atoms with Crippen molar-refractivity contribution in [1.82, 2.24) is 10.2 Å². The Bertz CT molecular complexity index is 644. The number of rotatable bonds is 4. The molecule has 1 aliphatic heterocycles. The number of nitrogens with one attached hydrogen (secondary N) is 1. The van der Waals surface area contributed by atoms with Gasteiger partial charge in [-0.15, -0.1) is 0 Å². The first-order valence-corrected chi connectivity index (χ1v) is 9.48. The molecule has 0 saturated carbocycles. The van der Waals surface area contributed by atoms with E-state index < -0.39 is 12.0 Å². The van der Waals surface area contributed by atoms with Gasteiger partial charge in [-0.2, -0.15) is 0 Å². The number of carbonyl (C=O) groups excluding carboxylic acids is 2. The summed E-state index contributed by atoms with van der Waals surface area (Å²) in [5.74, 6) is -0.453. The smallest absolute Gasteiger partial charge is 0.338 e. The highest BCUT2D eigenvalue weighted by atomic mass is 79.9. The van der Waals surface area contributed by atoms with Gasteiger partial charge in [-0.05, 0) is 24.6 Å². The van der Waals surface area contributed by atoms with Crippen molar-refractivity contribution in [2.45, 2.75) is 16.7 Å². The lowest BCUT2D eigenvalue weighted by molar-refractivity contribution is -0.139. The zero-order valence-corrected chi connectivity index (χ0v) is 17.2. The highest BCUT2D eigenvalue weighted by Crippen LogP contribution is 2.36. The summed E-state index contributed by atoms with van der Waals surface area (Å²) < 4.78 is 5.75. The fraction of sp³-hybridized carbons (Fsp3) is 0.333. The number of urea groups is 1. The Balaban J connectivity index is 2.59. The number of ether oxygens (including phenoxy) is 1. The maximum absolute atomic E-state index is 12.5. The number of benzene rings is 1. The van der Waals surface area contributed by atoms with Gasteiger partial charge in [0.2, 0.25) is 0 Å². The molecule has 23 heavy (non-hydrogen) atoms. The number of amides is 2. The Labute approximate surface area is 159 Å². The van der Waals surface area contributed by atoms with Crippen molar-refractivity contribution in [3.8, 4) is 0 Å². The van der Waals surface area contributed by atoms with E-state index in [0.717, 1.165) is 10.0 Å². The van der Waals surface area contributed by atoms with Gasteiger partial charge in [-0.1, -0.05) is 59.9 Å². The number of allylic oxidation sites excluding steroid dienone is 1. The van der Waals surface area contributed by atoms with E-state index in [1.165, 1.54) is 4.90 Å². The average Bonchev–Trinajstić information content (AvgIpc) is 2.50. The number of nitrogens with zero attached hydrogens (tertiary/aromatic N) is 1. The van der Waals surface area contributed by atoms with Gasteiger partial charge >= 0.3 is 12.0 Å². The fourth-order valence-electron chi connectivity index (χ4n) is 2.33. The molecule has 0 spiro atoms. The molecule has 1 aliphatic rings. The van der Waals surface area contributed by atoms with Crippen molar-refractivity contribution in [3.05, 3.63) is 45.6 Å². The van der Waals surface area contributed by atoms with E-state index in [-0.39, 0.29) is 16.4 Å². The van der Waals surface area contributed by atoms with Crippen LogP contribution in [0.25, 0.3) is 0 Å². The van der Waals surface area contributed by atoms with Gasteiger partial charge in [0.25, 0.3) is 0 Å². The van der Waals surface area contributed by atoms with Crippen molar-refractivity contribution in [1.29, 1.82) is 0 Å². The lowest BCUT2D eigenvalue weighted by Gasteiger charge is -2.35. The summed E-state index contributed by atoms with van der Waals surface area (Å²) in [6, 6.07) is 6.58. The standard InChI is InChI=1S/C15H15Br3N2O3/c1-3-23-14(21)10-11(8-4-6-9(16)7-5-8)19-15(22)20(2)12(10)13(17)18/h4-7,11,13H,3H2,1-2H3,(H,19,22). The molecule has 1 aromatic rings. The Morgan fingerprint density at radius 1 is 1.35 bits per heavy atom. The van der Waals surface area contributed by atoms with E-state index in [9.17, 15) is 9.59 Å².